The fourth-order valence-corrected chi connectivity index (χ4v) is 3.52. The second-order valence-corrected chi connectivity index (χ2v) is 6.73. The van der Waals surface area contributed by atoms with Crippen LogP contribution in [0.15, 0.2) is 6.07 Å². The number of nitrogens with zero attached hydrogens (tertiary/aromatic N) is 1. The van der Waals surface area contributed by atoms with Gasteiger partial charge in [-0.15, -0.1) is 0 Å². The molecule has 0 amide bonds. The molecule has 0 aliphatic carbocycles. The molecule has 0 fully saturated rings. The van der Waals surface area contributed by atoms with Crippen molar-refractivity contribution in [1.82, 2.24) is 0 Å². The number of hydrogen-bond donors (Lipinski definition) is 0. The first-order valence-electron chi connectivity index (χ1n) is 8.59. The predicted molar refractivity (Wildman–Crippen MR) is 105 cm³/mol. The number of nitro benzene ring substituents is 1. The first kappa shape index (κ1) is 20.4. The number of carbonyl (C=O) groups is 1. The standard InChI is InChI=1S/C21H25NO5/c1-10-11(2)15(6)20(26-7)19(13(10)4)18-14(5)12(3)17(22(24)25)9-16(18)21(23)27-8/h9H,1-8H3. The monoisotopic (exact) mass is 371 g/mol. The van der Waals surface area contributed by atoms with E-state index in [1.165, 1.54) is 13.2 Å². The zero-order chi connectivity index (χ0) is 20.6. The Morgan fingerprint density at radius 3 is 1.85 bits per heavy atom. The average molecular weight is 371 g/mol. The van der Waals surface area contributed by atoms with E-state index >= 15 is 0 Å². The number of ether oxygens (including phenoxy) is 2. The molecule has 0 unspecified atom stereocenters. The van der Waals surface area contributed by atoms with Gasteiger partial charge in [-0.05, 0) is 69.4 Å². The van der Waals surface area contributed by atoms with E-state index in [1.807, 2.05) is 27.7 Å². The summed E-state index contributed by atoms with van der Waals surface area (Å²) < 4.78 is 10.6. The zero-order valence-corrected chi connectivity index (χ0v) is 17.1. The molecule has 0 heterocycles. The Morgan fingerprint density at radius 1 is 0.852 bits per heavy atom. The number of methoxy groups -OCH3 is 2. The van der Waals surface area contributed by atoms with Gasteiger partial charge in [-0.2, -0.15) is 0 Å². The maximum atomic E-state index is 12.5. The minimum Gasteiger partial charge on any atom is -0.496 e. The van der Waals surface area contributed by atoms with Crippen LogP contribution in [-0.2, 0) is 4.74 Å². The number of rotatable bonds is 4. The number of nitro groups is 1. The first-order valence-corrected chi connectivity index (χ1v) is 8.59. The summed E-state index contributed by atoms with van der Waals surface area (Å²) in [6.45, 7) is 11.5. The summed E-state index contributed by atoms with van der Waals surface area (Å²) in [6.07, 6.45) is 0. The Bertz CT molecular complexity index is 960. The van der Waals surface area contributed by atoms with Gasteiger partial charge in [0.15, 0.2) is 0 Å². The van der Waals surface area contributed by atoms with Crippen LogP contribution < -0.4 is 4.74 Å². The largest absolute Gasteiger partial charge is 0.496 e. The van der Waals surface area contributed by atoms with E-state index in [1.54, 1.807) is 21.0 Å². The lowest BCUT2D eigenvalue weighted by molar-refractivity contribution is -0.385. The summed E-state index contributed by atoms with van der Waals surface area (Å²) in [5.74, 6) is 0.0469. The fraction of sp³-hybridized carbons (Fsp3) is 0.381. The molecule has 0 radical (unpaired) electrons. The molecule has 2 aromatic rings. The van der Waals surface area contributed by atoms with Crippen molar-refractivity contribution >= 4 is 11.7 Å². The normalized spacial score (nSPS) is 10.7. The van der Waals surface area contributed by atoms with Crippen LogP contribution in [0.25, 0.3) is 11.1 Å². The molecule has 0 saturated carbocycles. The van der Waals surface area contributed by atoms with E-state index < -0.39 is 10.9 Å². The third-order valence-electron chi connectivity index (χ3n) is 5.56. The van der Waals surface area contributed by atoms with Crippen LogP contribution in [0.1, 0.15) is 43.7 Å². The van der Waals surface area contributed by atoms with E-state index in [4.69, 9.17) is 9.47 Å². The van der Waals surface area contributed by atoms with Gasteiger partial charge in [0.1, 0.15) is 5.75 Å². The van der Waals surface area contributed by atoms with Crippen LogP contribution in [0.2, 0.25) is 0 Å². The summed E-state index contributed by atoms with van der Waals surface area (Å²) in [5.41, 5.74) is 6.77. The highest BCUT2D eigenvalue weighted by Gasteiger charge is 2.28. The SMILES string of the molecule is COC(=O)c1cc([N+](=O)[O-])c(C)c(C)c1-c1c(C)c(C)c(C)c(C)c1OC. The third-order valence-corrected chi connectivity index (χ3v) is 5.56. The van der Waals surface area contributed by atoms with Gasteiger partial charge in [0.05, 0.1) is 24.7 Å². The van der Waals surface area contributed by atoms with E-state index in [-0.39, 0.29) is 11.3 Å². The molecule has 0 saturated heterocycles. The highest BCUT2D eigenvalue weighted by atomic mass is 16.6. The fourth-order valence-electron chi connectivity index (χ4n) is 3.52. The Hall–Kier alpha value is -2.89. The van der Waals surface area contributed by atoms with Crippen LogP contribution in [-0.4, -0.2) is 25.1 Å². The number of hydrogen-bond acceptors (Lipinski definition) is 5. The Balaban J connectivity index is 3.10. The third kappa shape index (κ3) is 3.16. The van der Waals surface area contributed by atoms with Crippen LogP contribution in [0.5, 0.6) is 5.75 Å². The topological polar surface area (TPSA) is 78.7 Å². The van der Waals surface area contributed by atoms with Crippen molar-refractivity contribution in [1.29, 1.82) is 0 Å². The molecule has 2 rings (SSSR count). The van der Waals surface area contributed by atoms with Crippen molar-refractivity contribution in [3.05, 3.63) is 55.1 Å². The summed E-state index contributed by atoms with van der Waals surface area (Å²) in [5, 5.41) is 11.5. The Morgan fingerprint density at radius 2 is 1.37 bits per heavy atom. The lowest BCUT2D eigenvalue weighted by Crippen LogP contribution is -2.10. The number of benzene rings is 2. The first-order chi connectivity index (χ1) is 12.6. The van der Waals surface area contributed by atoms with Gasteiger partial charge in [-0.25, -0.2) is 4.79 Å². The van der Waals surface area contributed by atoms with Crippen molar-refractivity contribution in [3.8, 4) is 16.9 Å². The maximum Gasteiger partial charge on any atom is 0.338 e. The van der Waals surface area contributed by atoms with Crippen molar-refractivity contribution in [2.45, 2.75) is 41.5 Å². The van der Waals surface area contributed by atoms with Crippen molar-refractivity contribution in [2.24, 2.45) is 0 Å². The molecule has 0 spiro atoms. The molecule has 0 aliphatic heterocycles. The smallest absolute Gasteiger partial charge is 0.338 e. The van der Waals surface area contributed by atoms with Crippen molar-refractivity contribution in [2.75, 3.05) is 14.2 Å². The molecule has 27 heavy (non-hydrogen) atoms. The second kappa shape index (κ2) is 7.39. The van der Waals surface area contributed by atoms with Crippen molar-refractivity contribution in [3.63, 3.8) is 0 Å². The van der Waals surface area contributed by atoms with Crippen molar-refractivity contribution < 1.29 is 19.2 Å². The molecule has 0 N–H and O–H groups in total. The summed E-state index contributed by atoms with van der Waals surface area (Å²) in [7, 11) is 2.86. The Kier molecular flexibility index (Phi) is 5.59. The average Bonchev–Trinajstić information content (AvgIpc) is 2.64. The molecular formula is C21H25NO5. The lowest BCUT2D eigenvalue weighted by Gasteiger charge is -2.23. The minimum atomic E-state index is -0.617. The van der Waals surface area contributed by atoms with Crippen LogP contribution in [0.4, 0.5) is 5.69 Å². The van der Waals surface area contributed by atoms with E-state index in [9.17, 15) is 14.9 Å². The van der Waals surface area contributed by atoms with Crippen LogP contribution in [0.3, 0.4) is 0 Å². The summed E-state index contributed by atoms with van der Waals surface area (Å²) in [6, 6.07) is 1.30. The number of esters is 1. The summed E-state index contributed by atoms with van der Waals surface area (Å²) in [4.78, 5) is 23.5. The summed E-state index contributed by atoms with van der Waals surface area (Å²) >= 11 is 0. The van der Waals surface area contributed by atoms with Crippen LogP contribution >= 0.6 is 0 Å². The molecule has 0 bridgehead atoms. The van der Waals surface area contributed by atoms with Crippen LogP contribution in [0, 0.1) is 51.7 Å². The highest BCUT2D eigenvalue weighted by Crippen LogP contribution is 2.44. The van der Waals surface area contributed by atoms with Gasteiger partial charge >= 0.3 is 5.97 Å². The van der Waals surface area contributed by atoms with Gasteiger partial charge in [-0.1, -0.05) is 0 Å². The molecule has 144 valence electrons. The molecule has 0 atom stereocenters. The van der Waals surface area contributed by atoms with Gasteiger partial charge in [0.25, 0.3) is 5.69 Å². The lowest BCUT2D eigenvalue weighted by atomic mass is 9.84. The number of carbonyl (C=O) groups excluding carboxylic acids is 1. The molecule has 6 heteroatoms. The predicted octanol–water partition coefficient (Wildman–Crippen LogP) is 4.91. The minimum absolute atomic E-state index is 0.103. The molecule has 6 nitrogen and oxygen atoms in total. The van der Waals surface area contributed by atoms with Gasteiger partial charge in [0, 0.05) is 22.8 Å². The highest BCUT2D eigenvalue weighted by molar-refractivity contribution is 6.01. The molecule has 0 aliphatic rings. The molecule has 2 aromatic carbocycles. The maximum absolute atomic E-state index is 12.5. The zero-order valence-electron chi connectivity index (χ0n) is 17.1. The quantitative estimate of drug-likeness (QED) is 0.433. The van der Waals surface area contributed by atoms with E-state index in [2.05, 4.69) is 0 Å². The van der Waals surface area contributed by atoms with E-state index in [0.29, 0.717) is 22.4 Å². The van der Waals surface area contributed by atoms with E-state index in [0.717, 1.165) is 27.8 Å². The van der Waals surface area contributed by atoms with Gasteiger partial charge in [0.2, 0.25) is 0 Å². The van der Waals surface area contributed by atoms with Gasteiger partial charge in [-0.3, -0.25) is 10.1 Å². The second-order valence-electron chi connectivity index (χ2n) is 6.73. The van der Waals surface area contributed by atoms with Gasteiger partial charge < -0.3 is 9.47 Å². The molecular weight excluding hydrogens is 346 g/mol. The Labute approximate surface area is 159 Å². The molecule has 0 aromatic heterocycles.